The van der Waals surface area contributed by atoms with Gasteiger partial charge in [0, 0.05) is 28.6 Å². The van der Waals surface area contributed by atoms with E-state index in [2.05, 4.69) is 4.99 Å². The Bertz CT molecular complexity index is 1750. The fourth-order valence-corrected chi connectivity index (χ4v) is 6.15. The van der Waals surface area contributed by atoms with Crippen molar-refractivity contribution in [2.75, 3.05) is 6.61 Å². The van der Waals surface area contributed by atoms with Crippen molar-refractivity contribution in [1.29, 1.82) is 0 Å². The van der Waals surface area contributed by atoms with E-state index in [1.807, 2.05) is 17.5 Å². The number of hydrogen-bond acceptors (Lipinski definition) is 9. The molecule has 188 valence electrons. The van der Waals surface area contributed by atoms with Crippen LogP contribution in [0.15, 0.2) is 73.3 Å². The summed E-state index contributed by atoms with van der Waals surface area (Å²) < 4.78 is 13.0. The molecule has 37 heavy (non-hydrogen) atoms. The average molecular weight is 556 g/mol. The summed E-state index contributed by atoms with van der Waals surface area (Å²) in [4.78, 5) is 42.7. The maximum atomic E-state index is 13.6. The SMILES string of the molecule is CCOC(=O)C1=C(C)N=c2s/c(=C/c3ccc(-c4ccc([N+](=O)[O-])cc4Cl)o3)c(=O)n2C1c1cccs1. The Morgan fingerprint density at radius 1 is 1.32 bits per heavy atom. The molecule has 12 heteroatoms. The molecule has 0 amide bonds. The van der Waals surface area contributed by atoms with Gasteiger partial charge in [-0.1, -0.05) is 29.0 Å². The quantitative estimate of drug-likeness (QED) is 0.194. The minimum atomic E-state index is -0.650. The lowest BCUT2D eigenvalue weighted by atomic mass is 10.0. The number of carbonyl (C=O) groups is 1. The average Bonchev–Trinajstić information content (AvgIpc) is 3.60. The first-order valence-electron chi connectivity index (χ1n) is 11.1. The van der Waals surface area contributed by atoms with Gasteiger partial charge in [0.15, 0.2) is 4.80 Å². The zero-order valence-electron chi connectivity index (χ0n) is 19.5. The van der Waals surface area contributed by atoms with Gasteiger partial charge in [-0.05, 0) is 43.5 Å². The molecule has 4 aromatic rings. The first kappa shape index (κ1) is 24.9. The molecule has 0 bridgehead atoms. The van der Waals surface area contributed by atoms with E-state index in [9.17, 15) is 19.7 Å². The van der Waals surface area contributed by atoms with Crippen LogP contribution in [0, 0.1) is 10.1 Å². The third kappa shape index (κ3) is 4.57. The Hall–Kier alpha value is -3.80. The van der Waals surface area contributed by atoms with Crippen molar-refractivity contribution < 1.29 is 18.9 Å². The number of fused-ring (bicyclic) bond motifs is 1. The lowest BCUT2D eigenvalue weighted by Crippen LogP contribution is -2.39. The molecule has 0 spiro atoms. The maximum Gasteiger partial charge on any atom is 0.338 e. The minimum absolute atomic E-state index is 0.126. The molecular formula is C25H18ClN3O6S2. The fraction of sp³-hybridized carbons (Fsp3) is 0.160. The second kappa shape index (κ2) is 9.92. The lowest BCUT2D eigenvalue weighted by Gasteiger charge is -2.23. The molecule has 0 aliphatic carbocycles. The highest BCUT2D eigenvalue weighted by Crippen LogP contribution is 2.34. The van der Waals surface area contributed by atoms with Crippen LogP contribution in [0.2, 0.25) is 5.02 Å². The number of aromatic nitrogens is 1. The Morgan fingerprint density at radius 2 is 2.14 bits per heavy atom. The number of furan rings is 1. The molecule has 0 fully saturated rings. The van der Waals surface area contributed by atoms with Gasteiger partial charge in [0.05, 0.1) is 32.4 Å². The van der Waals surface area contributed by atoms with E-state index in [0.29, 0.717) is 37.7 Å². The van der Waals surface area contributed by atoms with Crippen LogP contribution in [-0.4, -0.2) is 22.1 Å². The molecule has 1 aliphatic rings. The summed E-state index contributed by atoms with van der Waals surface area (Å²) in [6, 6.07) is 10.5. The van der Waals surface area contributed by atoms with Gasteiger partial charge >= 0.3 is 5.97 Å². The van der Waals surface area contributed by atoms with E-state index in [0.717, 1.165) is 4.88 Å². The maximum absolute atomic E-state index is 13.6. The summed E-state index contributed by atoms with van der Waals surface area (Å²) in [5.41, 5.74) is 0.872. The largest absolute Gasteiger partial charge is 0.463 e. The lowest BCUT2D eigenvalue weighted by molar-refractivity contribution is -0.384. The van der Waals surface area contributed by atoms with Crippen LogP contribution >= 0.6 is 34.3 Å². The van der Waals surface area contributed by atoms with Gasteiger partial charge in [-0.3, -0.25) is 19.5 Å². The fourth-order valence-electron chi connectivity index (χ4n) is 4.03. The van der Waals surface area contributed by atoms with Gasteiger partial charge < -0.3 is 9.15 Å². The smallest absolute Gasteiger partial charge is 0.338 e. The Morgan fingerprint density at radius 3 is 2.81 bits per heavy atom. The normalized spacial score (nSPS) is 15.4. The van der Waals surface area contributed by atoms with E-state index in [1.165, 1.54) is 45.4 Å². The number of nitro groups is 1. The van der Waals surface area contributed by atoms with Crippen LogP contribution in [-0.2, 0) is 9.53 Å². The number of benzene rings is 1. The van der Waals surface area contributed by atoms with Crippen molar-refractivity contribution in [2.45, 2.75) is 19.9 Å². The molecule has 0 radical (unpaired) electrons. The molecule has 4 heterocycles. The molecule has 1 atom stereocenters. The molecule has 9 nitrogen and oxygen atoms in total. The second-order valence-electron chi connectivity index (χ2n) is 7.94. The summed E-state index contributed by atoms with van der Waals surface area (Å²) in [7, 11) is 0. The highest BCUT2D eigenvalue weighted by Gasteiger charge is 2.33. The third-order valence-electron chi connectivity index (χ3n) is 5.66. The van der Waals surface area contributed by atoms with Gasteiger partial charge in [-0.15, -0.1) is 11.3 Å². The van der Waals surface area contributed by atoms with E-state index in [1.54, 1.807) is 32.1 Å². The molecule has 1 aliphatic heterocycles. The topological polar surface area (TPSA) is 117 Å². The highest BCUT2D eigenvalue weighted by atomic mass is 35.5. The molecule has 0 saturated carbocycles. The van der Waals surface area contributed by atoms with Crippen LogP contribution in [0.5, 0.6) is 0 Å². The van der Waals surface area contributed by atoms with Gasteiger partial charge in [0.25, 0.3) is 11.2 Å². The Balaban J connectivity index is 1.59. The van der Waals surface area contributed by atoms with Crippen LogP contribution in [0.3, 0.4) is 0 Å². The molecule has 5 rings (SSSR count). The number of halogens is 1. The number of esters is 1. The zero-order valence-corrected chi connectivity index (χ0v) is 21.9. The van der Waals surface area contributed by atoms with Gasteiger partial charge in [0.2, 0.25) is 0 Å². The predicted molar refractivity (Wildman–Crippen MR) is 141 cm³/mol. The standard InChI is InChI=1S/C25H18ClN3O6S2/c1-3-34-24(31)21-13(2)27-25-28(22(21)19-5-4-10-36-19)23(30)20(37-25)12-15-7-9-18(35-15)16-8-6-14(29(32)33)11-17(16)26/h4-12,22H,3H2,1-2H3/b20-12+. The Kier molecular flexibility index (Phi) is 6.67. The number of nitrogens with zero attached hydrogens (tertiary/aromatic N) is 3. The number of allylic oxidation sites excluding steroid dienone is 1. The number of non-ortho nitro benzene ring substituents is 1. The van der Waals surface area contributed by atoms with Crippen molar-refractivity contribution in [3.63, 3.8) is 0 Å². The number of thiazole rings is 1. The number of nitro benzene ring substituents is 1. The summed E-state index contributed by atoms with van der Waals surface area (Å²) >= 11 is 8.86. The number of ether oxygens (including phenoxy) is 1. The molecule has 3 aromatic heterocycles. The van der Waals surface area contributed by atoms with E-state index in [-0.39, 0.29) is 22.9 Å². The second-order valence-corrected chi connectivity index (χ2v) is 10.3. The van der Waals surface area contributed by atoms with Crippen molar-refractivity contribution in [3.05, 3.63) is 105 Å². The summed E-state index contributed by atoms with van der Waals surface area (Å²) in [6.45, 7) is 3.66. The predicted octanol–water partition coefficient (Wildman–Crippen LogP) is 4.68. The van der Waals surface area contributed by atoms with Crippen LogP contribution in [0.4, 0.5) is 5.69 Å². The highest BCUT2D eigenvalue weighted by molar-refractivity contribution is 7.10. The molecule has 1 aromatic carbocycles. The van der Waals surface area contributed by atoms with Gasteiger partial charge in [-0.2, -0.15) is 0 Å². The van der Waals surface area contributed by atoms with Crippen molar-refractivity contribution in [3.8, 4) is 11.3 Å². The van der Waals surface area contributed by atoms with Crippen molar-refractivity contribution in [1.82, 2.24) is 4.57 Å². The number of thiophene rings is 1. The summed E-state index contributed by atoms with van der Waals surface area (Å²) in [5, 5.41) is 13.0. The van der Waals surface area contributed by atoms with E-state index in [4.69, 9.17) is 20.8 Å². The van der Waals surface area contributed by atoms with Crippen molar-refractivity contribution in [2.24, 2.45) is 4.99 Å². The molecular weight excluding hydrogens is 538 g/mol. The zero-order chi connectivity index (χ0) is 26.3. The third-order valence-corrected chi connectivity index (χ3v) is 7.88. The Labute approximate surface area is 222 Å². The first-order chi connectivity index (χ1) is 17.8. The summed E-state index contributed by atoms with van der Waals surface area (Å²) in [6.07, 6.45) is 1.60. The number of rotatable bonds is 6. The van der Waals surface area contributed by atoms with Gasteiger partial charge in [0.1, 0.15) is 17.6 Å². The van der Waals surface area contributed by atoms with Crippen LogP contribution < -0.4 is 14.9 Å². The summed E-state index contributed by atoms with van der Waals surface area (Å²) in [5.74, 6) is 0.284. The van der Waals surface area contributed by atoms with E-state index < -0.39 is 16.9 Å². The molecule has 0 saturated heterocycles. The van der Waals surface area contributed by atoms with E-state index >= 15 is 0 Å². The van der Waals surface area contributed by atoms with Crippen molar-refractivity contribution >= 4 is 52.0 Å². The van der Waals surface area contributed by atoms with Gasteiger partial charge in [-0.25, -0.2) is 9.79 Å². The molecule has 0 N–H and O–H groups in total. The van der Waals surface area contributed by atoms with Crippen LogP contribution in [0.25, 0.3) is 17.4 Å². The van der Waals surface area contributed by atoms with Crippen LogP contribution in [0.1, 0.15) is 30.5 Å². The minimum Gasteiger partial charge on any atom is -0.463 e. The molecule has 1 unspecified atom stereocenters. The monoisotopic (exact) mass is 555 g/mol. The first-order valence-corrected chi connectivity index (χ1v) is 13.1. The number of hydrogen-bond donors (Lipinski definition) is 0. The number of carbonyl (C=O) groups excluding carboxylic acids is 1.